The molecule has 9 nitrogen and oxygen atoms in total. The van der Waals surface area contributed by atoms with Gasteiger partial charge < -0.3 is 19.4 Å². The maximum atomic E-state index is 13.0. The van der Waals surface area contributed by atoms with Crippen LogP contribution in [0.1, 0.15) is 29.4 Å². The molecule has 3 rings (SSSR count). The van der Waals surface area contributed by atoms with Crippen LogP contribution >= 0.6 is 0 Å². The van der Waals surface area contributed by atoms with E-state index >= 15 is 0 Å². The van der Waals surface area contributed by atoms with Crippen LogP contribution in [-0.4, -0.2) is 52.7 Å². The fourth-order valence-electron chi connectivity index (χ4n) is 3.20. The summed E-state index contributed by atoms with van der Waals surface area (Å²) in [5.74, 6) is -0.999. The quantitative estimate of drug-likeness (QED) is 0.451. The Balaban J connectivity index is 2.09. The van der Waals surface area contributed by atoms with E-state index in [4.69, 9.17) is 9.47 Å². The lowest BCUT2D eigenvalue weighted by atomic mass is 10.3. The highest BCUT2D eigenvalue weighted by Gasteiger charge is 2.20. The van der Waals surface area contributed by atoms with E-state index in [9.17, 15) is 14.4 Å². The second-order valence-corrected chi connectivity index (χ2v) is 6.55. The highest BCUT2D eigenvalue weighted by molar-refractivity contribution is 5.99. The van der Waals surface area contributed by atoms with E-state index in [1.54, 1.807) is 30.9 Å². The van der Waals surface area contributed by atoms with E-state index in [0.717, 1.165) is 5.56 Å². The maximum Gasteiger partial charge on any atom is 0.325 e. The average molecular weight is 400 g/mol. The first-order valence-electron chi connectivity index (χ1n) is 9.42. The minimum absolute atomic E-state index is 0.235. The van der Waals surface area contributed by atoms with Gasteiger partial charge in [0.2, 0.25) is 0 Å². The zero-order valence-corrected chi connectivity index (χ0v) is 16.7. The molecule has 0 spiro atoms. The normalized spacial score (nSPS) is 11.1. The first-order chi connectivity index (χ1) is 14.0. The number of pyridine rings is 1. The molecule has 0 atom stereocenters. The Hall–Kier alpha value is -3.20. The van der Waals surface area contributed by atoms with Gasteiger partial charge in [-0.25, -0.2) is 4.98 Å². The molecule has 3 heterocycles. The first kappa shape index (κ1) is 20.5. The van der Waals surface area contributed by atoms with Crippen molar-refractivity contribution in [2.45, 2.75) is 26.8 Å². The van der Waals surface area contributed by atoms with Crippen molar-refractivity contribution < 1.29 is 19.1 Å². The summed E-state index contributed by atoms with van der Waals surface area (Å²) in [6, 6.07) is 5.17. The van der Waals surface area contributed by atoms with Gasteiger partial charge in [0.15, 0.2) is 0 Å². The summed E-state index contributed by atoms with van der Waals surface area (Å²) in [4.78, 5) is 42.0. The molecular weight excluding hydrogens is 376 g/mol. The number of esters is 1. The number of fused-ring (bicyclic) bond motifs is 2. The predicted molar refractivity (Wildman–Crippen MR) is 107 cm³/mol. The maximum absolute atomic E-state index is 13.0. The molecule has 0 saturated heterocycles. The number of aryl methyl sites for hydroxylation is 2. The molecule has 154 valence electrons. The summed E-state index contributed by atoms with van der Waals surface area (Å²) < 4.78 is 13.1. The lowest BCUT2D eigenvalue weighted by Crippen LogP contribution is -2.32. The highest BCUT2D eigenvalue weighted by Crippen LogP contribution is 2.18. The first-order valence-corrected chi connectivity index (χ1v) is 9.42. The number of carbonyl (C=O) groups excluding carboxylic acids is 2. The van der Waals surface area contributed by atoms with Crippen LogP contribution in [0.25, 0.3) is 16.7 Å². The number of nitrogens with one attached hydrogen (secondary N) is 1. The van der Waals surface area contributed by atoms with Crippen LogP contribution in [0.4, 0.5) is 0 Å². The molecule has 0 radical (unpaired) electrons. The highest BCUT2D eigenvalue weighted by atomic mass is 16.5. The van der Waals surface area contributed by atoms with E-state index in [0.29, 0.717) is 36.3 Å². The summed E-state index contributed by atoms with van der Waals surface area (Å²) in [6.07, 6.45) is 2.28. The average Bonchev–Trinajstić information content (AvgIpc) is 3.07. The number of carbonyl (C=O) groups is 2. The number of aromatic nitrogens is 3. The predicted octanol–water partition coefficient (Wildman–Crippen LogP) is 1.29. The van der Waals surface area contributed by atoms with Gasteiger partial charge in [0.05, 0.1) is 12.0 Å². The third kappa shape index (κ3) is 4.14. The van der Waals surface area contributed by atoms with Crippen LogP contribution in [0.5, 0.6) is 0 Å². The second-order valence-electron chi connectivity index (χ2n) is 6.55. The molecule has 1 N–H and O–H groups in total. The van der Waals surface area contributed by atoms with Crippen molar-refractivity contribution in [3.8, 4) is 0 Å². The number of rotatable bonds is 8. The Morgan fingerprint density at radius 3 is 2.79 bits per heavy atom. The minimum Gasteiger partial charge on any atom is -0.465 e. The molecular formula is C20H24N4O5. The second kappa shape index (κ2) is 8.87. The largest absolute Gasteiger partial charge is 0.465 e. The molecule has 9 heteroatoms. The fourth-order valence-corrected chi connectivity index (χ4v) is 3.20. The molecule has 0 unspecified atom stereocenters. The van der Waals surface area contributed by atoms with Crippen molar-refractivity contribution >= 4 is 28.6 Å². The van der Waals surface area contributed by atoms with Gasteiger partial charge in [0.25, 0.3) is 11.5 Å². The zero-order valence-electron chi connectivity index (χ0n) is 16.7. The van der Waals surface area contributed by atoms with E-state index in [1.807, 2.05) is 13.0 Å². The summed E-state index contributed by atoms with van der Waals surface area (Å²) >= 11 is 0. The van der Waals surface area contributed by atoms with E-state index in [-0.39, 0.29) is 24.4 Å². The topological polar surface area (TPSA) is 104 Å². The molecule has 3 aromatic rings. The molecule has 29 heavy (non-hydrogen) atoms. The minimum atomic E-state index is -0.526. The van der Waals surface area contributed by atoms with Gasteiger partial charge in [-0.15, -0.1) is 0 Å². The van der Waals surface area contributed by atoms with Crippen LogP contribution < -0.4 is 10.9 Å². The smallest absolute Gasteiger partial charge is 0.325 e. The molecule has 0 fully saturated rings. The van der Waals surface area contributed by atoms with Crippen molar-refractivity contribution in [3.05, 3.63) is 46.0 Å². The van der Waals surface area contributed by atoms with Gasteiger partial charge in [-0.05, 0) is 38.0 Å². The Labute approximate surface area is 167 Å². The van der Waals surface area contributed by atoms with Crippen molar-refractivity contribution in [3.63, 3.8) is 0 Å². The van der Waals surface area contributed by atoms with E-state index in [1.165, 1.54) is 10.5 Å². The Morgan fingerprint density at radius 2 is 2.07 bits per heavy atom. The van der Waals surface area contributed by atoms with E-state index in [2.05, 4.69) is 10.3 Å². The summed E-state index contributed by atoms with van der Waals surface area (Å²) in [7, 11) is 1.60. The number of hydrogen-bond acceptors (Lipinski definition) is 6. The summed E-state index contributed by atoms with van der Waals surface area (Å²) in [5.41, 5.74) is 1.83. The molecule has 1 amide bonds. The summed E-state index contributed by atoms with van der Waals surface area (Å²) in [5, 5.41) is 2.89. The lowest BCUT2D eigenvalue weighted by molar-refractivity contribution is -0.141. The van der Waals surface area contributed by atoms with Crippen LogP contribution in [-0.2, 0) is 20.8 Å². The number of ether oxygens (including phenoxy) is 2. The number of methoxy groups -OCH3 is 1. The molecule has 3 aromatic heterocycles. The Morgan fingerprint density at radius 1 is 1.28 bits per heavy atom. The molecule has 0 saturated carbocycles. The van der Waals surface area contributed by atoms with Gasteiger partial charge in [-0.3, -0.25) is 18.8 Å². The monoisotopic (exact) mass is 400 g/mol. The van der Waals surface area contributed by atoms with Gasteiger partial charge in [-0.1, -0.05) is 6.07 Å². The van der Waals surface area contributed by atoms with Crippen LogP contribution in [0.15, 0.2) is 29.2 Å². The van der Waals surface area contributed by atoms with Crippen molar-refractivity contribution in [2.24, 2.45) is 0 Å². The van der Waals surface area contributed by atoms with Crippen molar-refractivity contribution in [1.82, 2.24) is 19.3 Å². The standard InChI is InChI=1S/C20H24N4O5/c1-4-29-16(25)12-21-19(26)15-11-14-18(23(15)9-6-10-28-3)22-17-13(2)7-5-8-24(17)20(14)27/h5,7-8,11H,4,6,9-10,12H2,1-3H3,(H,21,26). The molecule has 0 aliphatic heterocycles. The molecule has 0 bridgehead atoms. The molecule has 0 aromatic carbocycles. The van der Waals surface area contributed by atoms with Crippen LogP contribution in [0, 0.1) is 6.92 Å². The van der Waals surface area contributed by atoms with Crippen molar-refractivity contribution in [2.75, 3.05) is 26.9 Å². The fraction of sp³-hybridized carbons (Fsp3) is 0.400. The number of hydrogen-bond donors (Lipinski definition) is 1. The SMILES string of the molecule is CCOC(=O)CNC(=O)c1cc2c(=O)n3cccc(C)c3nc2n1CCCOC. The van der Waals surface area contributed by atoms with Gasteiger partial charge in [-0.2, -0.15) is 0 Å². The van der Waals surface area contributed by atoms with E-state index < -0.39 is 11.9 Å². The third-order valence-corrected chi connectivity index (χ3v) is 4.55. The lowest BCUT2D eigenvalue weighted by Gasteiger charge is -2.11. The van der Waals surface area contributed by atoms with Crippen LogP contribution in [0.3, 0.4) is 0 Å². The Bertz CT molecular complexity index is 1120. The number of amides is 1. The molecule has 0 aliphatic carbocycles. The van der Waals surface area contributed by atoms with Gasteiger partial charge >= 0.3 is 5.97 Å². The zero-order chi connectivity index (χ0) is 21.0. The summed E-state index contributed by atoms with van der Waals surface area (Å²) in [6.45, 7) is 4.49. The van der Waals surface area contributed by atoms with Crippen LogP contribution in [0.2, 0.25) is 0 Å². The molecule has 0 aliphatic rings. The number of nitrogens with zero attached hydrogens (tertiary/aromatic N) is 3. The van der Waals surface area contributed by atoms with Gasteiger partial charge in [0.1, 0.15) is 23.5 Å². The Kier molecular flexibility index (Phi) is 6.28. The van der Waals surface area contributed by atoms with Crippen molar-refractivity contribution in [1.29, 1.82) is 0 Å². The third-order valence-electron chi connectivity index (χ3n) is 4.55. The van der Waals surface area contributed by atoms with Gasteiger partial charge in [0, 0.05) is 26.5 Å².